The van der Waals surface area contributed by atoms with Crippen molar-refractivity contribution in [1.82, 2.24) is 19.9 Å². The van der Waals surface area contributed by atoms with Crippen LogP contribution in [0.25, 0.3) is 22.5 Å². The van der Waals surface area contributed by atoms with E-state index in [0.717, 1.165) is 10.9 Å². The van der Waals surface area contributed by atoms with Gasteiger partial charge in [-0.05, 0) is 19.9 Å². The van der Waals surface area contributed by atoms with Crippen molar-refractivity contribution in [3.63, 3.8) is 0 Å². The molecule has 0 radical (unpaired) electrons. The van der Waals surface area contributed by atoms with Crippen LogP contribution < -0.4 is 5.73 Å². The van der Waals surface area contributed by atoms with Gasteiger partial charge in [0, 0.05) is 12.4 Å². The highest BCUT2D eigenvalue weighted by molar-refractivity contribution is 5.91. The third-order valence-electron chi connectivity index (χ3n) is 2.96. The average molecular weight is 257 g/mol. The van der Waals surface area contributed by atoms with E-state index in [2.05, 4.69) is 15.2 Å². The summed E-state index contributed by atoms with van der Waals surface area (Å²) in [6.07, 6.45) is 0. The fraction of sp³-hybridized carbons (Fsp3) is 0.308. The maximum Gasteiger partial charge on any atom is 0.279 e. The summed E-state index contributed by atoms with van der Waals surface area (Å²) in [5, 5.41) is 9.34. The highest BCUT2D eigenvalue weighted by Gasteiger charge is 2.24. The van der Waals surface area contributed by atoms with E-state index >= 15 is 0 Å². The third kappa shape index (κ3) is 1.90. The van der Waals surface area contributed by atoms with Gasteiger partial charge >= 0.3 is 0 Å². The largest absolute Gasteiger partial charge is 0.332 e. The first-order chi connectivity index (χ1) is 8.97. The van der Waals surface area contributed by atoms with Crippen LogP contribution in [-0.2, 0) is 12.6 Å². The lowest BCUT2D eigenvalue weighted by Gasteiger charge is -2.11. The molecule has 2 heterocycles. The van der Waals surface area contributed by atoms with Crippen LogP contribution in [0, 0.1) is 0 Å². The molecule has 3 aromatic rings. The number of rotatable bonds is 2. The first-order valence-corrected chi connectivity index (χ1v) is 6.02. The standard InChI is InChI=1S/C13H15N5O/c1-13(2,14)12-15-11(19-17-12)10-8-6-4-5-7-9(8)18(3)16-10/h4-7H,14H2,1-3H3. The predicted octanol–water partition coefficient (Wildman–Crippen LogP) is 1.82. The van der Waals surface area contributed by atoms with E-state index in [0.29, 0.717) is 17.4 Å². The van der Waals surface area contributed by atoms with E-state index < -0.39 is 5.54 Å². The predicted molar refractivity (Wildman–Crippen MR) is 71.2 cm³/mol. The fourth-order valence-electron chi connectivity index (χ4n) is 1.95. The van der Waals surface area contributed by atoms with E-state index in [1.807, 2.05) is 45.2 Å². The molecule has 6 nitrogen and oxygen atoms in total. The molecule has 0 atom stereocenters. The quantitative estimate of drug-likeness (QED) is 0.757. The second kappa shape index (κ2) is 3.89. The maximum atomic E-state index is 5.96. The van der Waals surface area contributed by atoms with E-state index in [1.54, 1.807) is 4.68 Å². The molecule has 0 spiro atoms. The van der Waals surface area contributed by atoms with Gasteiger partial charge in [0.2, 0.25) is 0 Å². The molecule has 19 heavy (non-hydrogen) atoms. The van der Waals surface area contributed by atoms with Crippen molar-refractivity contribution >= 4 is 10.9 Å². The van der Waals surface area contributed by atoms with Gasteiger partial charge in [0.1, 0.15) is 0 Å². The van der Waals surface area contributed by atoms with Gasteiger partial charge in [-0.1, -0.05) is 23.4 Å². The SMILES string of the molecule is Cn1nc(-c2nc(C(C)(C)N)no2)c2ccccc21. The normalized spacial score (nSPS) is 12.2. The summed E-state index contributed by atoms with van der Waals surface area (Å²) in [6.45, 7) is 3.66. The van der Waals surface area contributed by atoms with Gasteiger partial charge in [0.25, 0.3) is 5.89 Å². The summed E-state index contributed by atoms with van der Waals surface area (Å²) < 4.78 is 7.08. The number of para-hydroxylation sites is 1. The number of benzene rings is 1. The molecule has 2 aromatic heterocycles. The van der Waals surface area contributed by atoms with Crippen LogP contribution in [0.2, 0.25) is 0 Å². The van der Waals surface area contributed by atoms with E-state index in [4.69, 9.17) is 10.3 Å². The van der Waals surface area contributed by atoms with Crippen molar-refractivity contribution in [2.75, 3.05) is 0 Å². The first-order valence-electron chi connectivity index (χ1n) is 6.02. The van der Waals surface area contributed by atoms with Gasteiger partial charge in [0.05, 0.1) is 11.1 Å². The lowest BCUT2D eigenvalue weighted by Crippen LogP contribution is -2.30. The fourth-order valence-corrected chi connectivity index (χ4v) is 1.95. The number of fused-ring (bicyclic) bond motifs is 1. The Morgan fingerprint density at radius 2 is 2.00 bits per heavy atom. The van der Waals surface area contributed by atoms with Crippen molar-refractivity contribution < 1.29 is 4.52 Å². The molecule has 3 rings (SSSR count). The van der Waals surface area contributed by atoms with Gasteiger partial charge in [0.15, 0.2) is 11.5 Å². The molecular formula is C13H15N5O. The molecule has 0 saturated heterocycles. The Morgan fingerprint density at radius 1 is 1.26 bits per heavy atom. The van der Waals surface area contributed by atoms with Crippen LogP contribution in [0.15, 0.2) is 28.8 Å². The molecule has 0 fully saturated rings. The topological polar surface area (TPSA) is 82.8 Å². The Hall–Kier alpha value is -2.21. The molecule has 98 valence electrons. The molecule has 0 aliphatic heterocycles. The minimum atomic E-state index is -0.633. The van der Waals surface area contributed by atoms with Gasteiger partial charge < -0.3 is 10.3 Å². The Morgan fingerprint density at radius 3 is 2.68 bits per heavy atom. The maximum absolute atomic E-state index is 5.96. The third-order valence-corrected chi connectivity index (χ3v) is 2.96. The summed E-state index contributed by atoms with van der Waals surface area (Å²) in [7, 11) is 1.88. The molecule has 0 aliphatic rings. The van der Waals surface area contributed by atoms with Gasteiger partial charge in [-0.15, -0.1) is 0 Å². The smallest absolute Gasteiger partial charge is 0.279 e. The molecule has 0 aliphatic carbocycles. The van der Waals surface area contributed by atoms with Crippen molar-refractivity contribution in [2.45, 2.75) is 19.4 Å². The monoisotopic (exact) mass is 257 g/mol. The molecule has 6 heteroatoms. The van der Waals surface area contributed by atoms with Crippen LogP contribution in [0.4, 0.5) is 0 Å². The van der Waals surface area contributed by atoms with Crippen molar-refractivity contribution in [3.05, 3.63) is 30.1 Å². The number of nitrogens with zero attached hydrogens (tertiary/aromatic N) is 4. The lowest BCUT2D eigenvalue weighted by atomic mass is 10.1. The molecule has 0 saturated carbocycles. The van der Waals surface area contributed by atoms with Crippen molar-refractivity contribution in [3.8, 4) is 11.6 Å². The van der Waals surface area contributed by atoms with Crippen molar-refractivity contribution in [1.29, 1.82) is 0 Å². The number of hydrogen-bond donors (Lipinski definition) is 1. The molecule has 1 aromatic carbocycles. The molecule has 2 N–H and O–H groups in total. The Balaban J connectivity index is 2.17. The molecule has 0 amide bonds. The average Bonchev–Trinajstić information content (AvgIpc) is 2.94. The van der Waals surface area contributed by atoms with Gasteiger partial charge in [-0.2, -0.15) is 10.1 Å². The minimum Gasteiger partial charge on any atom is -0.332 e. The first kappa shape index (κ1) is 11.9. The Labute approximate surface area is 110 Å². The summed E-state index contributed by atoms with van der Waals surface area (Å²) in [5.74, 6) is 0.863. The Bertz CT molecular complexity index is 735. The van der Waals surface area contributed by atoms with Gasteiger partial charge in [-0.3, -0.25) is 4.68 Å². The zero-order valence-corrected chi connectivity index (χ0v) is 11.1. The highest BCUT2D eigenvalue weighted by Crippen LogP contribution is 2.27. The van der Waals surface area contributed by atoms with Crippen LogP contribution in [0.5, 0.6) is 0 Å². The highest BCUT2D eigenvalue weighted by atomic mass is 16.5. The van der Waals surface area contributed by atoms with Crippen LogP contribution >= 0.6 is 0 Å². The molecular weight excluding hydrogens is 242 g/mol. The van der Waals surface area contributed by atoms with Crippen LogP contribution in [0.3, 0.4) is 0 Å². The second-order valence-electron chi connectivity index (χ2n) is 5.13. The summed E-state index contributed by atoms with van der Waals surface area (Å²) >= 11 is 0. The number of aryl methyl sites for hydroxylation is 1. The number of aromatic nitrogens is 4. The summed E-state index contributed by atoms with van der Waals surface area (Å²) in [5.41, 5.74) is 7.02. The van der Waals surface area contributed by atoms with E-state index in [-0.39, 0.29) is 0 Å². The Kier molecular flexibility index (Phi) is 2.43. The molecule has 0 bridgehead atoms. The summed E-state index contributed by atoms with van der Waals surface area (Å²) in [6, 6.07) is 7.90. The zero-order valence-electron chi connectivity index (χ0n) is 11.1. The van der Waals surface area contributed by atoms with Crippen LogP contribution in [0.1, 0.15) is 19.7 Å². The summed E-state index contributed by atoms with van der Waals surface area (Å²) in [4.78, 5) is 4.34. The lowest BCUT2D eigenvalue weighted by molar-refractivity contribution is 0.396. The molecule has 0 unspecified atom stereocenters. The van der Waals surface area contributed by atoms with Crippen LogP contribution in [-0.4, -0.2) is 19.9 Å². The number of nitrogens with two attached hydrogens (primary N) is 1. The van der Waals surface area contributed by atoms with E-state index in [1.165, 1.54) is 0 Å². The van der Waals surface area contributed by atoms with Gasteiger partial charge in [-0.25, -0.2) is 0 Å². The number of hydrogen-bond acceptors (Lipinski definition) is 5. The van der Waals surface area contributed by atoms with Crippen molar-refractivity contribution in [2.24, 2.45) is 12.8 Å². The van der Waals surface area contributed by atoms with E-state index in [9.17, 15) is 0 Å². The minimum absolute atomic E-state index is 0.394. The zero-order chi connectivity index (χ0) is 13.6. The second-order valence-corrected chi connectivity index (χ2v) is 5.13.